The van der Waals surface area contributed by atoms with Crippen molar-refractivity contribution in [1.29, 1.82) is 0 Å². The van der Waals surface area contributed by atoms with Crippen LogP contribution in [0.3, 0.4) is 0 Å². The van der Waals surface area contributed by atoms with E-state index < -0.39 is 0 Å². The molecule has 1 saturated heterocycles. The number of amides is 1. The van der Waals surface area contributed by atoms with E-state index in [1.165, 1.54) is 0 Å². The number of hydrogen-bond acceptors (Lipinski definition) is 4. The summed E-state index contributed by atoms with van der Waals surface area (Å²) in [4.78, 5) is 22.2. The fraction of sp³-hybridized carbons (Fsp3) is 0.381. The molecule has 0 radical (unpaired) electrons. The third-order valence-corrected chi connectivity index (χ3v) is 5.61. The second-order valence-corrected chi connectivity index (χ2v) is 7.48. The highest BCUT2D eigenvalue weighted by atomic mass is 16.2. The molecule has 2 aliphatic heterocycles. The number of para-hydroxylation sites is 1. The van der Waals surface area contributed by atoms with Crippen molar-refractivity contribution in [3.8, 4) is 0 Å². The summed E-state index contributed by atoms with van der Waals surface area (Å²) in [5.41, 5.74) is 3.15. The van der Waals surface area contributed by atoms with Crippen LogP contribution in [0.15, 0.2) is 48.7 Å². The van der Waals surface area contributed by atoms with Gasteiger partial charge in [-0.3, -0.25) is 19.4 Å². The van der Waals surface area contributed by atoms with Crippen LogP contribution in [0.2, 0.25) is 0 Å². The molecular formula is C21H23N5O. The summed E-state index contributed by atoms with van der Waals surface area (Å²) >= 11 is 0. The minimum absolute atomic E-state index is 0.202. The van der Waals surface area contributed by atoms with Crippen molar-refractivity contribution < 1.29 is 4.79 Å². The van der Waals surface area contributed by atoms with Gasteiger partial charge in [0.15, 0.2) is 0 Å². The van der Waals surface area contributed by atoms with Crippen LogP contribution >= 0.6 is 0 Å². The Balaban J connectivity index is 1.39. The molecule has 0 N–H and O–H groups in total. The Morgan fingerprint density at radius 3 is 2.81 bits per heavy atom. The summed E-state index contributed by atoms with van der Waals surface area (Å²) in [6.07, 6.45) is 4.02. The highest BCUT2D eigenvalue weighted by Gasteiger charge is 2.34. The fourth-order valence-corrected chi connectivity index (χ4v) is 4.24. The first-order valence-electron chi connectivity index (χ1n) is 9.66. The number of pyridine rings is 1. The molecule has 27 heavy (non-hydrogen) atoms. The third kappa shape index (κ3) is 3.10. The van der Waals surface area contributed by atoms with E-state index in [-0.39, 0.29) is 11.9 Å². The SMILES string of the molecule is O=C([C@@H]1CN(Cc2ccc3ccccc3n2)Cc2ccnn21)N1CCCC1. The summed E-state index contributed by atoms with van der Waals surface area (Å²) in [6.45, 7) is 3.95. The lowest BCUT2D eigenvalue weighted by molar-refractivity contribution is -0.135. The van der Waals surface area contributed by atoms with Crippen molar-refractivity contribution in [2.24, 2.45) is 0 Å². The molecule has 0 spiro atoms. The van der Waals surface area contributed by atoms with Gasteiger partial charge in [-0.1, -0.05) is 24.3 Å². The van der Waals surface area contributed by atoms with Crippen LogP contribution in [0.1, 0.15) is 30.3 Å². The molecular weight excluding hydrogens is 338 g/mol. The van der Waals surface area contributed by atoms with Crippen molar-refractivity contribution in [3.63, 3.8) is 0 Å². The van der Waals surface area contributed by atoms with Crippen LogP contribution in [-0.2, 0) is 17.9 Å². The maximum Gasteiger partial charge on any atom is 0.248 e. The van der Waals surface area contributed by atoms with Gasteiger partial charge in [0.25, 0.3) is 0 Å². The van der Waals surface area contributed by atoms with Crippen LogP contribution < -0.4 is 0 Å². The van der Waals surface area contributed by atoms with Crippen LogP contribution in [0.5, 0.6) is 0 Å². The quantitative estimate of drug-likeness (QED) is 0.720. The Morgan fingerprint density at radius 2 is 1.93 bits per heavy atom. The first-order valence-corrected chi connectivity index (χ1v) is 9.66. The van der Waals surface area contributed by atoms with Crippen LogP contribution in [0.25, 0.3) is 10.9 Å². The fourth-order valence-electron chi connectivity index (χ4n) is 4.24. The van der Waals surface area contributed by atoms with Crippen LogP contribution in [0, 0.1) is 0 Å². The van der Waals surface area contributed by atoms with Gasteiger partial charge in [0, 0.05) is 44.3 Å². The summed E-state index contributed by atoms with van der Waals surface area (Å²) in [5.74, 6) is 0.202. The lowest BCUT2D eigenvalue weighted by Gasteiger charge is -2.34. The number of fused-ring (bicyclic) bond motifs is 2. The normalized spacial score (nSPS) is 20.1. The lowest BCUT2D eigenvalue weighted by atomic mass is 10.1. The predicted molar refractivity (Wildman–Crippen MR) is 103 cm³/mol. The number of likely N-dealkylation sites (tertiary alicyclic amines) is 1. The van der Waals surface area contributed by atoms with Crippen LogP contribution in [-0.4, -0.2) is 50.1 Å². The lowest BCUT2D eigenvalue weighted by Crippen LogP contribution is -2.45. The number of hydrogen-bond donors (Lipinski definition) is 0. The average Bonchev–Trinajstić information content (AvgIpc) is 3.38. The van der Waals surface area contributed by atoms with Gasteiger partial charge in [-0.2, -0.15) is 5.10 Å². The minimum Gasteiger partial charge on any atom is -0.341 e. The van der Waals surface area contributed by atoms with Crippen molar-refractivity contribution in [2.45, 2.75) is 32.0 Å². The number of benzene rings is 1. The first-order chi connectivity index (χ1) is 13.3. The average molecular weight is 361 g/mol. The zero-order chi connectivity index (χ0) is 18.2. The number of carbonyl (C=O) groups excluding carboxylic acids is 1. The van der Waals surface area contributed by atoms with Gasteiger partial charge >= 0.3 is 0 Å². The zero-order valence-corrected chi connectivity index (χ0v) is 15.3. The summed E-state index contributed by atoms with van der Waals surface area (Å²) in [6, 6.07) is 14.2. The van der Waals surface area contributed by atoms with Gasteiger partial charge in [-0.25, -0.2) is 0 Å². The minimum atomic E-state index is -0.234. The van der Waals surface area contributed by atoms with Gasteiger partial charge in [0.1, 0.15) is 6.04 Å². The molecule has 5 rings (SSSR count). The molecule has 1 fully saturated rings. The molecule has 4 heterocycles. The molecule has 0 unspecified atom stereocenters. The largest absolute Gasteiger partial charge is 0.341 e. The van der Waals surface area contributed by atoms with E-state index in [1.807, 2.05) is 33.8 Å². The molecule has 138 valence electrons. The zero-order valence-electron chi connectivity index (χ0n) is 15.3. The van der Waals surface area contributed by atoms with Gasteiger partial charge in [0.2, 0.25) is 5.91 Å². The van der Waals surface area contributed by atoms with E-state index in [0.29, 0.717) is 6.54 Å². The van der Waals surface area contributed by atoms with E-state index in [4.69, 9.17) is 4.98 Å². The molecule has 0 aliphatic carbocycles. The Hall–Kier alpha value is -2.73. The van der Waals surface area contributed by atoms with Crippen molar-refractivity contribution in [1.82, 2.24) is 24.6 Å². The van der Waals surface area contributed by atoms with Crippen molar-refractivity contribution in [3.05, 3.63) is 60.0 Å². The van der Waals surface area contributed by atoms with Gasteiger partial charge in [0.05, 0.1) is 16.9 Å². The number of aromatic nitrogens is 3. The second kappa shape index (κ2) is 6.78. The van der Waals surface area contributed by atoms with E-state index in [0.717, 1.165) is 61.3 Å². The highest BCUT2D eigenvalue weighted by molar-refractivity contribution is 5.81. The molecule has 0 saturated carbocycles. The van der Waals surface area contributed by atoms with Gasteiger partial charge in [-0.05, 0) is 31.0 Å². The molecule has 1 aromatic carbocycles. The van der Waals surface area contributed by atoms with Crippen LogP contribution in [0.4, 0.5) is 0 Å². The molecule has 0 bridgehead atoms. The first kappa shape index (κ1) is 16.4. The molecule has 3 aromatic rings. The standard InChI is InChI=1S/C21H23N5O/c27-21(25-11-3-4-12-25)20-15-24(14-18-9-10-22-26(18)20)13-17-8-7-16-5-1-2-6-19(16)23-17/h1-2,5-10,20H,3-4,11-15H2/t20-/m0/s1. The van der Waals surface area contributed by atoms with Crippen molar-refractivity contribution >= 4 is 16.8 Å². The summed E-state index contributed by atoms with van der Waals surface area (Å²) in [5, 5.41) is 5.59. The van der Waals surface area contributed by atoms with Crippen molar-refractivity contribution in [2.75, 3.05) is 19.6 Å². The maximum atomic E-state index is 13.1. The van der Waals surface area contributed by atoms with E-state index in [1.54, 1.807) is 6.20 Å². The molecule has 1 atom stereocenters. The van der Waals surface area contributed by atoms with E-state index in [2.05, 4.69) is 28.2 Å². The Labute approximate surface area is 158 Å². The third-order valence-electron chi connectivity index (χ3n) is 5.61. The molecule has 6 nitrogen and oxygen atoms in total. The van der Waals surface area contributed by atoms with E-state index in [9.17, 15) is 4.79 Å². The number of rotatable bonds is 3. The Kier molecular flexibility index (Phi) is 4.13. The smallest absolute Gasteiger partial charge is 0.248 e. The molecule has 1 amide bonds. The molecule has 2 aromatic heterocycles. The number of carbonyl (C=O) groups is 1. The highest BCUT2D eigenvalue weighted by Crippen LogP contribution is 2.25. The monoisotopic (exact) mass is 361 g/mol. The summed E-state index contributed by atoms with van der Waals surface area (Å²) < 4.78 is 1.92. The number of nitrogens with zero attached hydrogens (tertiary/aromatic N) is 5. The maximum absolute atomic E-state index is 13.1. The molecule has 6 heteroatoms. The Morgan fingerprint density at radius 1 is 1.07 bits per heavy atom. The topological polar surface area (TPSA) is 54.3 Å². The van der Waals surface area contributed by atoms with E-state index >= 15 is 0 Å². The molecule has 2 aliphatic rings. The predicted octanol–water partition coefficient (Wildman–Crippen LogP) is 2.61. The second-order valence-electron chi connectivity index (χ2n) is 7.48. The van der Waals surface area contributed by atoms with Gasteiger partial charge in [-0.15, -0.1) is 0 Å². The van der Waals surface area contributed by atoms with Gasteiger partial charge < -0.3 is 4.90 Å². The summed E-state index contributed by atoms with van der Waals surface area (Å²) in [7, 11) is 0. The Bertz CT molecular complexity index is 975.